The summed E-state index contributed by atoms with van der Waals surface area (Å²) in [4.78, 5) is 12.6. The largest absolute Gasteiger partial charge is 0.504 e. The lowest BCUT2D eigenvalue weighted by atomic mass is 10.1. The molecule has 0 saturated heterocycles. The Labute approximate surface area is 115 Å². The summed E-state index contributed by atoms with van der Waals surface area (Å²) < 4.78 is 10.3. The molecule has 19 heavy (non-hydrogen) atoms. The summed E-state index contributed by atoms with van der Waals surface area (Å²) in [5, 5.41) is 11.5. The number of aromatic hydroxyl groups is 1. The fourth-order valence-corrected chi connectivity index (χ4v) is 2.45. The molecular formula is C14H14O4S. The van der Waals surface area contributed by atoms with Gasteiger partial charge >= 0.3 is 5.97 Å². The molecule has 0 bridgehead atoms. The average Bonchev–Trinajstić information content (AvgIpc) is 2.94. The van der Waals surface area contributed by atoms with E-state index >= 15 is 0 Å². The molecule has 1 unspecified atom stereocenters. The van der Waals surface area contributed by atoms with Gasteiger partial charge in [-0.2, -0.15) is 0 Å². The van der Waals surface area contributed by atoms with E-state index < -0.39 is 5.92 Å². The number of rotatable bonds is 5. The molecule has 0 radical (unpaired) electrons. The third kappa shape index (κ3) is 3.26. The van der Waals surface area contributed by atoms with Crippen LogP contribution in [0, 0.1) is 0 Å². The highest BCUT2D eigenvalue weighted by Gasteiger charge is 2.23. The number of esters is 1. The molecule has 1 N–H and O–H groups in total. The van der Waals surface area contributed by atoms with Crippen LogP contribution in [0.5, 0.6) is 11.5 Å². The molecule has 1 aromatic carbocycles. The van der Waals surface area contributed by atoms with Crippen LogP contribution in [0.1, 0.15) is 10.8 Å². The van der Waals surface area contributed by atoms with E-state index in [2.05, 4.69) is 0 Å². The number of carbonyl (C=O) groups excluding carboxylic acids is 1. The van der Waals surface area contributed by atoms with Crippen molar-refractivity contribution in [3.8, 4) is 11.5 Å². The quantitative estimate of drug-likeness (QED) is 0.854. The second-order valence-electron chi connectivity index (χ2n) is 3.87. The van der Waals surface area contributed by atoms with Crippen molar-refractivity contribution in [3.05, 3.63) is 46.7 Å². The van der Waals surface area contributed by atoms with Crippen LogP contribution in [0.3, 0.4) is 0 Å². The van der Waals surface area contributed by atoms with Gasteiger partial charge in [-0.05, 0) is 23.6 Å². The third-order valence-electron chi connectivity index (χ3n) is 2.64. The summed E-state index contributed by atoms with van der Waals surface area (Å²) in [5.41, 5.74) is 0. The number of para-hydroxylation sites is 2. The highest BCUT2D eigenvalue weighted by atomic mass is 32.1. The maximum atomic E-state index is 11.8. The van der Waals surface area contributed by atoms with E-state index in [0.29, 0.717) is 5.75 Å². The number of hydrogen-bond donors (Lipinski definition) is 1. The fraction of sp³-hybridized carbons (Fsp3) is 0.214. The number of phenols is 1. The van der Waals surface area contributed by atoms with Crippen LogP contribution in [-0.2, 0) is 9.53 Å². The smallest absolute Gasteiger partial charge is 0.317 e. The van der Waals surface area contributed by atoms with E-state index in [4.69, 9.17) is 9.47 Å². The number of hydrogen-bond acceptors (Lipinski definition) is 5. The summed E-state index contributed by atoms with van der Waals surface area (Å²) in [7, 11) is 1.35. The number of thiophene rings is 1. The average molecular weight is 278 g/mol. The molecule has 0 aliphatic rings. The van der Waals surface area contributed by atoms with Crippen molar-refractivity contribution in [2.75, 3.05) is 13.7 Å². The Bertz CT molecular complexity index is 536. The van der Waals surface area contributed by atoms with Crippen LogP contribution in [-0.4, -0.2) is 24.8 Å². The Morgan fingerprint density at radius 2 is 2.11 bits per heavy atom. The lowest BCUT2D eigenvalue weighted by Gasteiger charge is -2.14. The van der Waals surface area contributed by atoms with Crippen LogP contribution in [0.2, 0.25) is 0 Å². The van der Waals surface area contributed by atoms with Gasteiger partial charge < -0.3 is 14.6 Å². The number of benzene rings is 1. The van der Waals surface area contributed by atoms with Gasteiger partial charge in [-0.25, -0.2) is 0 Å². The molecule has 2 rings (SSSR count). The molecule has 2 aromatic rings. The molecule has 0 aliphatic heterocycles. The SMILES string of the molecule is COC(=O)C(COc1ccccc1O)c1cccs1. The minimum Gasteiger partial charge on any atom is -0.504 e. The number of methoxy groups -OCH3 is 1. The molecule has 0 amide bonds. The Hall–Kier alpha value is -2.01. The first-order chi connectivity index (χ1) is 9.22. The molecule has 0 aliphatic carbocycles. The van der Waals surface area contributed by atoms with Gasteiger partial charge in [0.1, 0.15) is 12.5 Å². The molecule has 4 nitrogen and oxygen atoms in total. The van der Waals surface area contributed by atoms with Crippen molar-refractivity contribution in [1.29, 1.82) is 0 Å². The van der Waals surface area contributed by atoms with Gasteiger partial charge in [0.25, 0.3) is 0 Å². The van der Waals surface area contributed by atoms with Crippen molar-refractivity contribution in [3.63, 3.8) is 0 Å². The van der Waals surface area contributed by atoms with E-state index in [0.717, 1.165) is 4.88 Å². The van der Waals surface area contributed by atoms with Crippen molar-refractivity contribution >= 4 is 17.3 Å². The lowest BCUT2D eigenvalue weighted by molar-refractivity contribution is -0.143. The fourth-order valence-electron chi connectivity index (χ4n) is 1.65. The number of phenolic OH excluding ortho intramolecular Hbond substituents is 1. The first-order valence-corrected chi connectivity index (χ1v) is 6.62. The Balaban J connectivity index is 2.10. The van der Waals surface area contributed by atoms with Crippen molar-refractivity contribution in [1.82, 2.24) is 0 Å². The molecule has 5 heteroatoms. The van der Waals surface area contributed by atoms with E-state index in [1.807, 2.05) is 17.5 Å². The first-order valence-electron chi connectivity index (χ1n) is 5.74. The van der Waals surface area contributed by atoms with E-state index in [1.165, 1.54) is 24.5 Å². The van der Waals surface area contributed by atoms with Crippen LogP contribution >= 0.6 is 11.3 Å². The predicted octanol–water partition coefficient (Wildman–Crippen LogP) is 2.79. The predicted molar refractivity (Wildman–Crippen MR) is 72.7 cm³/mol. The first kappa shape index (κ1) is 13.4. The molecule has 0 spiro atoms. The Morgan fingerprint density at radius 1 is 1.32 bits per heavy atom. The van der Waals surface area contributed by atoms with E-state index in [9.17, 15) is 9.90 Å². The zero-order chi connectivity index (χ0) is 13.7. The second-order valence-corrected chi connectivity index (χ2v) is 4.85. The van der Waals surface area contributed by atoms with Gasteiger partial charge in [-0.1, -0.05) is 18.2 Å². The van der Waals surface area contributed by atoms with Gasteiger partial charge in [0, 0.05) is 4.88 Å². The molecule has 1 heterocycles. The normalized spacial score (nSPS) is 11.8. The van der Waals surface area contributed by atoms with Crippen LogP contribution in [0.4, 0.5) is 0 Å². The molecule has 0 fully saturated rings. The number of ether oxygens (including phenoxy) is 2. The van der Waals surface area contributed by atoms with Crippen LogP contribution in [0.15, 0.2) is 41.8 Å². The highest BCUT2D eigenvalue weighted by molar-refractivity contribution is 7.10. The van der Waals surface area contributed by atoms with Gasteiger partial charge in [-0.3, -0.25) is 4.79 Å². The van der Waals surface area contributed by atoms with Gasteiger partial charge in [-0.15, -0.1) is 11.3 Å². The summed E-state index contributed by atoms with van der Waals surface area (Å²) in [6.45, 7) is 0.130. The topological polar surface area (TPSA) is 55.8 Å². The summed E-state index contributed by atoms with van der Waals surface area (Å²) >= 11 is 1.47. The van der Waals surface area contributed by atoms with Crippen molar-refractivity contribution < 1.29 is 19.4 Å². The van der Waals surface area contributed by atoms with Crippen LogP contribution < -0.4 is 4.74 Å². The van der Waals surface area contributed by atoms with Crippen molar-refractivity contribution in [2.24, 2.45) is 0 Å². The number of carbonyl (C=O) groups is 1. The molecule has 100 valence electrons. The van der Waals surface area contributed by atoms with Gasteiger partial charge in [0.05, 0.1) is 7.11 Å². The summed E-state index contributed by atoms with van der Waals surface area (Å²) in [5.74, 6) is -0.423. The molecular weight excluding hydrogens is 264 g/mol. The van der Waals surface area contributed by atoms with E-state index in [-0.39, 0.29) is 18.3 Å². The minimum absolute atomic E-state index is 0.0531. The Morgan fingerprint density at radius 3 is 2.74 bits per heavy atom. The van der Waals surface area contributed by atoms with Crippen LogP contribution in [0.25, 0.3) is 0 Å². The second kappa shape index (κ2) is 6.24. The van der Waals surface area contributed by atoms with Gasteiger partial charge in [0.15, 0.2) is 11.5 Å². The molecule has 0 saturated carbocycles. The zero-order valence-electron chi connectivity index (χ0n) is 10.4. The van der Waals surface area contributed by atoms with Crippen molar-refractivity contribution in [2.45, 2.75) is 5.92 Å². The highest BCUT2D eigenvalue weighted by Crippen LogP contribution is 2.28. The summed E-state index contributed by atoms with van der Waals surface area (Å²) in [6.07, 6.45) is 0. The maximum absolute atomic E-state index is 11.8. The standard InChI is InChI=1S/C14H14O4S/c1-17-14(16)10(13-7-4-8-19-13)9-18-12-6-3-2-5-11(12)15/h2-8,10,15H,9H2,1H3. The maximum Gasteiger partial charge on any atom is 0.317 e. The molecule has 1 aromatic heterocycles. The molecule has 1 atom stereocenters. The summed E-state index contributed by atoms with van der Waals surface area (Å²) in [6, 6.07) is 10.4. The minimum atomic E-state index is -0.482. The Kier molecular flexibility index (Phi) is 4.41. The zero-order valence-corrected chi connectivity index (χ0v) is 11.2. The lowest BCUT2D eigenvalue weighted by Crippen LogP contribution is -2.20. The monoisotopic (exact) mass is 278 g/mol. The third-order valence-corrected chi connectivity index (χ3v) is 3.63. The van der Waals surface area contributed by atoms with E-state index in [1.54, 1.807) is 18.2 Å². The van der Waals surface area contributed by atoms with Gasteiger partial charge in [0.2, 0.25) is 0 Å².